The normalized spacial score (nSPS) is 12.3. The summed E-state index contributed by atoms with van der Waals surface area (Å²) in [6.07, 6.45) is 2.74. The van der Waals surface area contributed by atoms with Crippen LogP contribution in [0.3, 0.4) is 0 Å². The highest BCUT2D eigenvalue weighted by atomic mass is 35.5. The summed E-state index contributed by atoms with van der Waals surface area (Å²) in [5, 5.41) is 4.38. The van der Waals surface area contributed by atoms with Gasteiger partial charge in [0.1, 0.15) is 5.82 Å². The van der Waals surface area contributed by atoms with Gasteiger partial charge in [0, 0.05) is 6.20 Å². The zero-order valence-corrected chi connectivity index (χ0v) is 12.2. The van der Waals surface area contributed by atoms with Crippen molar-refractivity contribution in [2.45, 2.75) is 13.0 Å². The molecule has 0 aliphatic rings. The molecule has 0 radical (unpaired) electrons. The zero-order valence-electron chi connectivity index (χ0n) is 9.92. The van der Waals surface area contributed by atoms with Crippen molar-refractivity contribution in [1.29, 1.82) is 0 Å². The van der Waals surface area contributed by atoms with E-state index in [0.29, 0.717) is 26.3 Å². The van der Waals surface area contributed by atoms with Gasteiger partial charge in [0.05, 0.1) is 33.0 Å². The molecule has 1 atom stereocenters. The number of pyridine rings is 1. The third kappa shape index (κ3) is 3.50. The van der Waals surface area contributed by atoms with Crippen LogP contribution in [0.4, 0.5) is 10.1 Å². The molecule has 0 fully saturated rings. The maximum absolute atomic E-state index is 13.1. The SMILES string of the molecule is CC(Nc1cc(Cl)c(Cl)cc1Cl)c1cncc(F)c1. The van der Waals surface area contributed by atoms with Gasteiger partial charge in [0.25, 0.3) is 0 Å². The molecule has 6 heteroatoms. The van der Waals surface area contributed by atoms with Crippen LogP contribution in [0.1, 0.15) is 18.5 Å². The van der Waals surface area contributed by atoms with Crippen molar-refractivity contribution in [2.75, 3.05) is 5.32 Å². The van der Waals surface area contributed by atoms with Gasteiger partial charge in [-0.3, -0.25) is 4.98 Å². The lowest BCUT2D eigenvalue weighted by Gasteiger charge is -2.17. The minimum Gasteiger partial charge on any atom is -0.377 e. The molecule has 2 aromatic rings. The molecule has 0 saturated heterocycles. The second-order valence-corrected chi connectivity index (χ2v) is 5.27. The maximum atomic E-state index is 13.1. The Morgan fingerprint density at radius 2 is 1.74 bits per heavy atom. The van der Waals surface area contributed by atoms with Gasteiger partial charge in [0.15, 0.2) is 0 Å². The zero-order chi connectivity index (χ0) is 14.0. The Morgan fingerprint density at radius 3 is 2.42 bits per heavy atom. The Kier molecular flexibility index (Phi) is 4.50. The summed E-state index contributed by atoms with van der Waals surface area (Å²) in [7, 11) is 0. The first kappa shape index (κ1) is 14.4. The molecule has 0 aliphatic carbocycles. The number of rotatable bonds is 3. The number of anilines is 1. The topological polar surface area (TPSA) is 24.9 Å². The second kappa shape index (κ2) is 5.95. The first-order valence-electron chi connectivity index (χ1n) is 5.49. The van der Waals surface area contributed by atoms with Crippen molar-refractivity contribution in [1.82, 2.24) is 4.98 Å². The van der Waals surface area contributed by atoms with Gasteiger partial charge in [-0.25, -0.2) is 4.39 Å². The van der Waals surface area contributed by atoms with E-state index in [4.69, 9.17) is 34.8 Å². The highest BCUT2D eigenvalue weighted by molar-refractivity contribution is 6.44. The lowest BCUT2D eigenvalue weighted by atomic mass is 10.1. The molecule has 1 N–H and O–H groups in total. The van der Waals surface area contributed by atoms with E-state index in [1.54, 1.807) is 18.3 Å². The molecule has 2 nitrogen and oxygen atoms in total. The Balaban J connectivity index is 2.24. The van der Waals surface area contributed by atoms with Crippen molar-refractivity contribution in [3.63, 3.8) is 0 Å². The van der Waals surface area contributed by atoms with Crippen LogP contribution in [-0.4, -0.2) is 4.98 Å². The lowest BCUT2D eigenvalue weighted by molar-refractivity contribution is 0.616. The number of hydrogen-bond donors (Lipinski definition) is 1. The van der Waals surface area contributed by atoms with Crippen LogP contribution < -0.4 is 5.32 Å². The number of nitrogens with one attached hydrogen (secondary N) is 1. The standard InChI is InChI=1S/C13H10Cl3FN2/c1-7(8-2-9(17)6-18-5-8)19-13-4-11(15)10(14)3-12(13)16/h2-7,19H,1H3. The molecule has 0 spiro atoms. The summed E-state index contributed by atoms with van der Waals surface area (Å²) in [5.74, 6) is -0.383. The van der Waals surface area contributed by atoms with Crippen molar-refractivity contribution < 1.29 is 4.39 Å². The van der Waals surface area contributed by atoms with E-state index in [9.17, 15) is 4.39 Å². The summed E-state index contributed by atoms with van der Waals surface area (Å²) in [5.41, 5.74) is 1.34. The third-order valence-corrected chi connectivity index (χ3v) is 3.64. The van der Waals surface area contributed by atoms with E-state index >= 15 is 0 Å². The Morgan fingerprint density at radius 1 is 1.05 bits per heavy atom. The molecule has 0 saturated carbocycles. The summed E-state index contributed by atoms with van der Waals surface area (Å²) >= 11 is 17.9. The van der Waals surface area contributed by atoms with E-state index in [2.05, 4.69) is 10.3 Å². The van der Waals surface area contributed by atoms with E-state index in [-0.39, 0.29) is 11.9 Å². The molecule has 0 amide bonds. The number of hydrogen-bond acceptors (Lipinski definition) is 2. The number of halogens is 4. The van der Waals surface area contributed by atoms with Crippen molar-refractivity contribution >= 4 is 40.5 Å². The van der Waals surface area contributed by atoms with Gasteiger partial charge in [-0.15, -0.1) is 0 Å². The molecule has 0 bridgehead atoms. The minimum atomic E-state index is -0.383. The average Bonchev–Trinajstić information content (AvgIpc) is 2.36. The van der Waals surface area contributed by atoms with Crippen LogP contribution in [0, 0.1) is 5.82 Å². The summed E-state index contributed by atoms with van der Waals surface area (Å²) in [6.45, 7) is 1.87. The predicted molar refractivity (Wildman–Crippen MR) is 77.7 cm³/mol. The third-order valence-electron chi connectivity index (χ3n) is 2.61. The molecule has 1 unspecified atom stereocenters. The molecule has 2 rings (SSSR count). The van der Waals surface area contributed by atoms with Gasteiger partial charge < -0.3 is 5.32 Å². The molecule has 100 valence electrons. The first-order chi connectivity index (χ1) is 8.97. The lowest BCUT2D eigenvalue weighted by Crippen LogP contribution is -2.07. The van der Waals surface area contributed by atoms with Crippen molar-refractivity contribution in [2.24, 2.45) is 0 Å². The van der Waals surface area contributed by atoms with E-state index < -0.39 is 0 Å². The number of aromatic nitrogens is 1. The van der Waals surface area contributed by atoms with Gasteiger partial charge in [-0.2, -0.15) is 0 Å². The highest BCUT2D eigenvalue weighted by Gasteiger charge is 2.11. The summed E-state index contributed by atoms with van der Waals surface area (Å²) < 4.78 is 13.1. The van der Waals surface area contributed by atoms with E-state index in [1.807, 2.05) is 6.92 Å². The molecule has 19 heavy (non-hydrogen) atoms. The summed E-state index contributed by atoms with van der Waals surface area (Å²) in [6, 6.07) is 4.44. The van der Waals surface area contributed by atoms with Crippen LogP contribution in [-0.2, 0) is 0 Å². The Bertz CT molecular complexity index is 604. The van der Waals surface area contributed by atoms with Crippen molar-refractivity contribution in [3.05, 3.63) is 57.0 Å². The first-order valence-corrected chi connectivity index (χ1v) is 6.62. The highest BCUT2D eigenvalue weighted by Crippen LogP contribution is 2.34. The monoisotopic (exact) mass is 318 g/mol. The second-order valence-electron chi connectivity index (χ2n) is 4.05. The minimum absolute atomic E-state index is 0.169. The molecule has 0 aliphatic heterocycles. The largest absolute Gasteiger partial charge is 0.377 e. The predicted octanol–water partition coefficient (Wildman–Crippen LogP) is 5.35. The number of benzene rings is 1. The quantitative estimate of drug-likeness (QED) is 0.771. The Labute approximate surface area is 125 Å². The van der Waals surface area contributed by atoms with Gasteiger partial charge in [0.2, 0.25) is 0 Å². The van der Waals surface area contributed by atoms with Gasteiger partial charge in [-0.1, -0.05) is 34.8 Å². The Hall–Kier alpha value is -1.03. The van der Waals surface area contributed by atoms with Gasteiger partial charge >= 0.3 is 0 Å². The van der Waals surface area contributed by atoms with E-state index in [1.165, 1.54) is 6.07 Å². The maximum Gasteiger partial charge on any atom is 0.141 e. The molecular weight excluding hydrogens is 310 g/mol. The fraction of sp³-hybridized carbons (Fsp3) is 0.154. The fourth-order valence-corrected chi connectivity index (χ4v) is 2.22. The van der Waals surface area contributed by atoms with Gasteiger partial charge in [-0.05, 0) is 30.7 Å². The fourth-order valence-electron chi connectivity index (χ4n) is 1.61. The van der Waals surface area contributed by atoms with Crippen LogP contribution in [0.2, 0.25) is 15.1 Å². The smallest absolute Gasteiger partial charge is 0.141 e. The van der Waals surface area contributed by atoms with Crippen LogP contribution in [0.15, 0.2) is 30.6 Å². The number of nitrogens with zero attached hydrogens (tertiary/aromatic N) is 1. The molecule has 1 heterocycles. The van der Waals surface area contributed by atoms with E-state index in [0.717, 1.165) is 6.20 Å². The average molecular weight is 320 g/mol. The summed E-state index contributed by atoms with van der Waals surface area (Å²) in [4.78, 5) is 3.81. The van der Waals surface area contributed by atoms with Crippen LogP contribution in [0.25, 0.3) is 0 Å². The van der Waals surface area contributed by atoms with Crippen LogP contribution >= 0.6 is 34.8 Å². The molecule has 1 aromatic heterocycles. The van der Waals surface area contributed by atoms with Crippen LogP contribution in [0.5, 0.6) is 0 Å². The molecular formula is C13H10Cl3FN2. The molecule has 1 aromatic carbocycles. The van der Waals surface area contributed by atoms with Crippen molar-refractivity contribution in [3.8, 4) is 0 Å².